The minimum atomic E-state index is 0.494. The fraction of sp³-hybridized carbons (Fsp3) is 0.235. The predicted octanol–water partition coefficient (Wildman–Crippen LogP) is 3.59. The molecular weight excluding hydrogens is 250 g/mol. The first-order valence-corrected chi connectivity index (χ1v) is 6.43. The number of nitriles is 1. The summed E-state index contributed by atoms with van der Waals surface area (Å²) in [6.07, 6.45) is 0. The van der Waals surface area contributed by atoms with Gasteiger partial charge in [-0.25, -0.2) is 0 Å². The summed E-state index contributed by atoms with van der Waals surface area (Å²) >= 11 is 0. The molecule has 2 aromatic carbocycles. The minimum Gasteiger partial charge on any atom is -0.489 e. The van der Waals surface area contributed by atoms with Gasteiger partial charge in [0.05, 0.1) is 18.2 Å². The van der Waals surface area contributed by atoms with Crippen molar-refractivity contribution in [1.29, 1.82) is 5.26 Å². The molecule has 0 heterocycles. The molecule has 0 bridgehead atoms. The van der Waals surface area contributed by atoms with E-state index in [0.717, 1.165) is 22.4 Å². The smallest absolute Gasteiger partial charge is 0.120 e. The Morgan fingerprint density at radius 2 is 1.95 bits per heavy atom. The highest BCUT2D eigenvalue weighted by atomic mass is 16.5. The Morgan fingerprint density at radius 3 is 2.65 bits per heavy atom. The Bertz CT molecular complexity index is 629. The molecule has 0 spiro atoms. The maximum atomic E-state index is 8.85. The number of benzene rings is 2. The van der Waals surface area contributed by atoms with E-state index in [1.807, 2.05) is 49.4 Å². The molecule has 0 radical (unpaired) electrons. The van der Waals surface area contributed by atoms with Crippen LogP contribution in [-0.4, -0.2) is 7.11 Å². The molecule has 0 aliphatic rings. The van der Waals surface area contributed by atoms with Crippen molar-refractivity contribution < 1.29 is 9.47 Å². The largest absolute Gasteiger partial charge is 0.489 e. The molecule has 3 nitrogen and oxygen atoms in total. The summed E-state index contributed by atoms with van der Waals surface area (Å²) in [5.74, 6) is 0.823. The Kier molecular flexibility index (Phi) is 4.75. The van der Waals surface area contributed by atoms with E-state index in [-0.39, 0.29) is 0 Å². The van der Waals surface area contributed by atoms with Gasteiger partial charge in [-0.05, 0) is 47.9 Å². The molecule has 0 fully saturated rings. The molecule has 2 rings (SSSR count). The van der Waals surface area contributed by atoms with E-state index in [9.17, 15) is 0 Å². The monoisotopic (exact) mass is 267 g/mol. The first-order chi connectivity index (χ1) is 9.72. The van der Waals surface area contributed by atoms with E-state index in [4.69, 9.17) is 14.7 Å². The van der Waals surface area contributed by atoms with Crippen molar-refractivity contribution in [2.45, 2.75) is 20.1 Å². The molecular formula is C17H17NO2. The zero-order chi connectivity index (χ0) is 14.4. The van der Waals surface area contributed by atoms with Gasteiger partial charge in [-0.1, -0.05) is 18.2 Å². The average molecular weight is 267 g/mol. The summed E-state index contributed by atoms with van der Waals surface area (Å²) in [5, 5.41) is 8.85. The molecule has 102 valence electrons. The van der Waals surface area contributed by atoms with E-state index in [1.54, 1.807) is 7.11 Å². The lowest BCUT2D eigenvalue weighted by Gasteiger charge is -2.10. The third kappa shape index (κ3) is 3.59. The van der Waals surface area contributed by atoms with Gasteiger partial charge in [-0.2, -0.15) is 5.26 Å². The number of methoxy groups -OCH3 is 1. The van der Waals surface area contributed by atoms with Crippen LogP contribution in [0.2, 0.25) is 0 Å². The summed E-state index contributed by atoms with van der Waals surface area (Å²) < 4.78 is 10.9. The lowest BCUT2D eigenvalue weighted by Crippen LogP contribution is -1.99. The van der Waals surface area contributed by atoms with Crippen LogP contribution in [0.15, 0.2) is 42.5 Å². The standard InChI is InChI=1S/C17H17NO2/c1-13-8-14(10-18)6-7-16(13)12-20-17-5-3-4-15(9-17)11-19-2/h3-9H,11-12H2,1-2H3. The topological polar surface area (TPSA) is 42.2 Å². The number of hydrogen-bond donors (Lipinski definition) is 0. The third-order valence-corrected chi connectivity index (χ3v) is 3.08. The second-order valence-electron chi connectivity index (χ2n) is 4.62. The van der Waals surface area contributed by atoms with Gasteiger partial charge >= 0.3 is 0 Å². The van der Waals surface area contributed by atoms with Crippen molar-refractivity contribution in [2.75, 3.05) is 7.11 Å². The van der Waals surface area contributed by atoms with Gasteiger partial charge in [0.25, 0.3) is 0 Å². The molecule has 0 aliphatic heterocycles. The Labute approximate surface area is 119 Å². The number of hydrogen-bond acceptors (Lipinski definition) is 3. The Morgan fingerprint density at radius 1 is 1.10 bits per heavy atom. The molecule has 2 aromatic rings. The van der Waals surface area contributed by atoms with Gasteiger partial charge in [0.1, 0.15) is 12.4 Å². The predicted molar refractivity (Wildman–Crippen MR) is 77.4 cm³/mol. The zero-order valence-electron chi connectivity index (χ0n) is 11.7. The van der Waals surface area contributed by atoms with E-state index < -0.39 is 0 Å². The van der Waals surface area contributed by atoms with Gasteiger partial charge in [-0.3, -0.25) is 0 Å². The highest BCUT2D eigenvalue weighted by Gasteiger charge is 2.02. The minimum absolute atomic E-state index is 0.494. The molecule has 0 aliphatic carbocycles. The summed E-state index contributed by atoms with van der Waals surface area (Å²) in [7, 11) is 1.67. The molecule has 0 unspecified atom stereocenters. The fourth-order valence-electron chi connectivity index (χ4n) is 1.98. The Hall–Kier alpha value is -2.31. The highest BCUT2D eigenvalue weighted by molar-refractivity contribution is 5.37. The van der Waals surface area contributed by atoms with E-state index in [0.29, 0.717) is 18.8 Å². The summed E-state index contributed by atoms with van der Waals surface area (Å²) in [4.78, 5) is 0. The SMILES string of the molecule is COCc1cccc(OCc2ccc(C#N)cc2C)c1. The van der Waals surface area contributed by atoms with Crippen LogP contribution in [0.5, 0.6) is 5.75 Å². The van der Waals surface area contributed by atoms with E-state index >= 15 is 0 Å². The quantitative estimate of drug-likeness (QED) is 0.831. The van der Waals surface area contributed by atoms with Crippen molar-refractivity contribution in [3.63, 3.8) is 0 Å². The number of nitrogens with zero attached hydrogens (tertiary/aromatic N) is 1. The molecule has 0 aromatic heterocycles. The summed E-state index contributed by atoms with van der Waals surface area (Å²) in [6.45, 7) is 3.06. The van der Waals surface area contributed by atoms with Crippen molar-refractivity contribution >= 4 is 0 Å². The van der Waals surface area contributed by atoms with E-state index in [2.05, 4.69) is 6.07 Å². The molecule has 0 saturated carbocycles. The van der Waals surface area contributed by atoms with Crippen LogP contribution in [0.1, 0.15) is 22.3 Å². The summed E-state index contributed by atoms with van der Waals surface area (Å²) in [6, 6.07) is 15.6. The molecule has 0 saturated heterocycles. The maximum absolute atomic E-state index is 8.85. The van der Waals surface area contributed by atoms with Crippen LogP contribution in [0.25, 0.3) is 0 Å². The number of aryl methyl sites for hydroxylation is 1. The molecule has 0 amide bonds. The lowest BCUT2D eigenvalue weighted by atomic mass is 10.1. The normalized spacial score (nSPS) is 10.1. The first kappa shape index (κ1) is 14.1. The van der Waals surface area contributed by atoms with Gasteiger partial charge in [-0.15, -0.1) is 0 Å². The van der Waals surface area contributed by atoms with Crippen LogP contribution in [0.4, 0.5) is 0 Å². The molecule has 3 heteroatoms. The van der Waals surface area contributed by atoms with Crippen molar-refractivity contribution in [1.82, 2.24) is 0 Å². The van der Waals surface area contributed by atoms with Gasteiger partial charge in [0, 0.05) is 7.11 Å². The number of ether oxygens (including phenoxy) is 2. The molecule has 20 heavy (non-hydrogen) atoms. The second kappa shape index (κ2) is 6.74. The first-order valence-electron chi connectivity index (χ1n) is 6.43. The molecule has 0 N–H and O–H groups in total. The average Bonchev–Trinajstić information content (AvgIpc) is 2.46. The highest BCUT2D eigenvalue weighted by Crippen LogP contribution is 2.17. The van der Waals surface area contributed by atoms with Gasteiger partial charge in [0.2, 0.25) is 0 Å². The Balaban J connectivity index is 2.05. The van der Waals surface area contributed by atoms with Crippen LogP contribution < -0.4 is 4.74 Å². The molecule has 0 atom stereocenters. The van der Waals surface area contributed by atoms with Crippen LogP contribution in [0, 0.1) is 18.3 Å². The van der Waals surface area contributed by atoms with Gasteiger partial charge < -0.3 is 9.47 Å². The van der Waals surface area contributed by atoms with Crippen LogP contribution in [-0.2, 0) is 18.0 Å². The maximum Gasteiger partial charge on any atom is 0.120 e. The van der Waals surface area contributed by atoms with Crippen LogP contribution >= 0.6 is 0 Å². The summed E-state index contributed by atoms with van der Waals surface area (Å²) in [5.41, 5.74) is 3.91. The van der Waals surface area contributed by atoms with Crippen molar-refractivity contribution in [3.05, 3.63) is 64.7 Å². The van der Waals surface area contributed by atoms with Crippen molar-refractivity contribution in [3.8, 4) is 11.8 Å². The zero-order valence-corrected chi connectivity index (χ0v) is 11.7. The van der Waals surface area contributed by atoms with Gasteiger partial charge in [0.15, 0.2) is 0 Å². The van der Waals surface area contributed by atoms with Crippen LogP contribution in [0.3, 0.4) is 0 Å². The lowest BCUT2D eigenvalue weighted by molar-refractivity contribution is 0.184. The third-order valence-electron chi connectivity index (χ3n) is 3.08. The number of rotatable bonds is 5. The second-order valence-corrected chi connectivity index (χ2v) is 4.62. The van der Waals surface area contributed by atoms with E-state index in [1.165, 1.54) is 0 Å². The van der Waals surface area contributed by atoms with Crippen molar-refractivity contribution in [2.24, 2.45) is 0 Å². The fourth-order valence-corrected chi connectivity index (χ4v) is 1.98.